The third-order valence-electron chi connectivity index (χ3n) is 7.46. The molecule has 1 fully saturated rings. The molecule has 8 atom stereocenters. The summed E-state index contributed by atoms with van der Waals surface area (Å²) in [4.78, 5) is 26.2. The van der Waals surface area contributed by atoms with E-state index in [1.165, 1.54) is 0 Å². The van der Waals surface area contributed by atoms with Gasteiger partial charge in [0, 0.05) is 13.2 Å². The lowest BCUT2D eigenvalue weighted by atomic mass is 9.79. The van der Waals surface area contributed by atoms with E-state index in [0.29, 0.717) is 39.3 Å². The topological polar surface area (TPSA) is 108 Å². The van der Waals surface area contributed by atoms with Crippen molar-refractivity contribution in [2.24, 2.45) is 11.8 Å². The number of unbranched alkanes of at least 4 members (excludes halogenated alkanes) is 2. The second-order valence-corrected chi connectivity index (χ2v) is 12.4. The van der Waals surface area contributed by atoms with Crippen LogP contribution in [0.4, 0.5) is 0 Å². The van der Waals surface area contributed by atoms with E-state index in [1.54, 1.807) is 13.8 Å². The smallest absolute Gasteiger partial charge is 0.310 e. The van der Waals surface area contributed by atoms with Gasteiger partial charge in [0.2, 0.25) is 0 Å². The molecule has 0 bridgehead atoms. The minimum Gasteiger partial charge on any atom is -0.460 e. The monoisotopic (exact) mass is 632 g/mol. The average Bonchev–Trinajstić information content (AvgIpc) is 3.01. The molecular weight excluding hydrogens is 568 g/mol. The molecule has 0 amide bonds. The van der Waals surface area contributed by atoms with E-state index in [9.17, 15) is 9.59 Å². The molecule has 260 valence electrons. The number of ether oxygens (including phenoxy) is 8. The van der Waals surface area contributed by atoms with Gasteiger partial charge in [-0.05, 0) is 67.2 Å². The zero-order chi connectivity index (χ0) is 32.7. The van der Waals surface area contributed by atoms with E-state index in [-0.39, 0.29) is 49.6 Å². The molecule has 0 aromatic heterocycles. The fourth-order valence-electron chi connectivity index (χ4n) is 4.72. The van der Waals surface area contributed by atoms with E-state index in [1.807, 2.05) is 27.7 Å². The summed E-state index contributed by atoms with van der Waals surface area (Å²) in [7, 11) is 0. The van der Waals surface area contributed by atoms with Gasteiger partial charge in [-0.1, -0.05) is 39.5 Å². The van der Waals surface area contributed by atoms with Gasteiger partial charge in [0.1, 0.15) is 12.2 Å². The normalized spacial score (nSPS) is 21.2. The number of carbonyl (C=O) groups excluding carboxylic acids is 2. The van der Waals surface area contributed by atoms with Gasteiger partial charge in [-0.25, -0.2) is 0 Å². The van der Waals surface area contributed by atoms with Crippen molar-refractivity contribution in [1.29, 1.82) is 0 Å². The van der Waals surface area contributed by atoms with Gasteiger partial charge in [0.25, 0.3) is 0 Å². The number of rotatable bonds is 26. The Morgan fingerprint density at radius 3 is 1.18 bits per heavy atom. The predicted molar refractivity (Wildman–Crippen MR) is 170 cm³/mol. The van der Waals surface area contributed by atoms with Crippen molar-refractivity contribution in [3.8, 4) is 0 Å². The highest BCUT2D eigenvalue weighted by Crippen LogP contribution is 2.32. The molecule has 0 aliphatic heterocycles. The molecule has 1 aliphatic carbocycles. The summed E-state index contributed by atoms with van der Waals surface area (Å²) in [6, 6.07) is 0. The van der Waals surface area contributed by atoms with E-state index in [0.717, 1.165) is 51.7 Å². The Labute approximate surface area is 267 Å². The van der Waals surface area contributed by atoms with Crippen LogP contribution in [0.1, 0.15) is 107 Å². The lowest BCUT2D eigenvalue weighted by Gasteiger charge is -2.30. The summed E-state index contributed by atoms with van der Waals surface area (Å²) in [5.41, 5.74) is 0. The summed E-state index contributed by atoms with van der Waals surface area (Å²) < 4.78 is 45.9. The fraction of sp³-hybridized carbons (Fsp3) is 0.941. The van der Waals surface area contributed by atoms with E-state index >= 15 is 0 Å². The Kier molecular flexibility index (Phi) is 23.0. The molecule has 0 aromatic rings. The van der Waals surface area contributed by atoms with Crippen molar-refractivity contribution in [3.05, 3.63) is 0 Å². The molecule has 0 saturated heterocycles. The zero-order valence-corrected chi connectivity index (χ0v) is 29.0. The first-order chi connectivity index (χ1) is 21.1. The molecule has 10 heteroatoms. The highest BCUT2D eigenvalue weighted by molar-refractivity contribution is 5.82. The first-order valence-corrected chi connectivity index (χ1v) is 17.1. The molecule has 8 unspecified atom stereocenters. The van der Waals surface area contributed by atoms with Crippen molar-refractivity contribution in [2.45, 2.75) is 143 Å². The van der Waals surface area contributed by atoms with Gasteiger partial charge in [0.15, 0.2) is 0 Å². The Morgan fingerprint density at radius 1 is 0.523 bits per heavy atom. The van der Waals surface area contributed by atoms with Crippen LogP contribution in [0, 0.1) is 11.8 Å². The molecule has 1 rings (SSSR count). The first-order valence-electron chi connectivity index (χ1n) is 17.1. The molecule has 0 aromatic carbocycles. The molecule has 1 saturated carbocycles. The summed E-state index contributed by atoms with van der Waals surface area (Å²) in [6.45, 7) is 19.6. The molecule has 0 spiro atoms. The number of hydrogen-bond acceptors (Lipinski definition) is 10. The van der Waals surface area contributed by atoms with E-state index in [4.69, 9.17) is 37.9 Å². The van der Waals surface area contributed by atoms with Gasteiger partial charge in [-0.3, -0.25) is 9.59 Å². The lowest BCUT2D eigenvalue weighted by molar-refractivity contribution is -0.172. The second kappa shape index (κ2) is 24.9. The minimum atomic E-state index is -0.519. The summed E-state index contributed by atoms with van der Waals surface area (Å²) >= 11 is 0. The minimum absolute atomic E-state index is 0.0166. The molecule has 10 nitrogen and oxygen atoms in total. The standard InChI is InChI=1S/C34H64O10/c1-9-11-17-37-19-25(3)39-21-27(5)41-23-29(7)43-33(35)31-15-13-14-16-32(31)34(36)44-30(8)24-42-28(6)22-40-26(4)20-38-18-12-10-2/h25-32H,9-24H2,1-8H3. The number of carbonyl (C=O) groups is 2. The Hall–Kier alpha value is -1.30. The highest BCUT2D eigenvalue weighted by Gasteiger charge is 2.39. The molecule has 1 aliphatic rings. The van der Waals surface area contributed by atoms with Gasteiger partial charge < -0.3 is 37.9 Å². The van der Waals surface area contributed by atoms with E-state index < -0.39 is 24.0 Å². The summed E-state index contributed by atoms with van der Waals surface area (Å²) in [6.07, 6.45) is 6.04. The maximum absolute atomic E-state index is 13.1. The second-order valence-electron chi connectivity index (χ2n) is 12.4. The Bertz CT molecular complexity index is 675. The van der Waals surface area contributed by atoms with Crippen molar-refractivity contribution < 1.29 is 47.5 Å². The van der Waals surface area contributed by atoms with Crippen LogP contribution in [0.5, 0.6) is 0 Å². The van der Waals surface area contributed by atoms with Crippen LogP contribution >= 0.6 is 0 Å². The van der Waals surface area contributed by atoms with Gasteiger partial charge in [-0.15, -0.1) is 0 Å². The maximum atomic E-state index is 13.1. The summed E-state index contributed by atoms with van der Waals surface area (Å²) in [5.74, 6) is -1.78. The van der Waals surface area contributed by atoms with Gasteiger partial charge in [0.05, 0.1) is 75.9 Å². The predicted octanol–water partition coefficient (Wildman–Crippen LogP) is 5.91. The molecule has 44 heavy (non-hydrogen) atoms. The van der Waals surface area contributed by atoms with Crippen LogP contribution < -0.4 is 0 Å². The zero-order valence-electron chi connectivity index (χ0n) is 29.0. The third kappa shape index (κ3) is 19.3. The molecule has 0 heterocycles. The van der Waals surface area contributed by atoms with Crippen molar-refractivity contribution in [2.75, 3.05) is 52.9 Å². The maximum Gasteiger partial charge on any atom is 0.310 e. The van der Waals surface area contributed by atoms with Crippen molar-refractivity contribution in [3.63, 3.8) is 0 Å². The van der Waals surface area contributed by atoms with Crippen LogP contribution in [-0.4, -0.2) is 101 Å². The SMILES string of the molecule is CCCCOCC(C)OCC(C)OCC(C)OC(=O)C1CCCCC1C(=O)OC(C)COC(C)COC(C)COCCCC. The van der Waals surface area contributed by atoms with E-state index in [2.05, 4.69) is 13.8 Å². The summed E-state index contributed by atoms with van der Waals surface area (Å²) in [5, 5.41) is 0. The highest BCUT2D eigenvalue weighted by atomic mass is 16.6. The van der Waals surface area contributed by atoms with Crippen molar-refractivity contribution >= 4 is 11.9 Å². The average molecular weight is 633 g/mol. The van der Waals surface area contributed by atoms with Crippen LogP contribution in [-0.2, 0) is 47.5 Å². The van der Waals surface area contributed by atoms with Gasteiger partial charge in [-0.2, -0.15) is 0 Å². The lowest BCUT2D eigenvalue weighted by Crippen LogP contribution is -2.38. The first kappa shape index (κ1) is 40.7. The van der Waals surface area contributed by atoms with Crippen LogP contribution in [0.2, 0.25) is 0 Å². The number of esters is 2. The van der Waals surface area contributed by atoms with Crippen LogP contribution in [0.15, 0.2) is 0 Å². The quantitative estimate of drug-likeness (QED) is 0.0844. The molecule has 0 N–H and O–H groups in total. The molecular formula is C34H64O10. The Balaban J connectivity index is 2.36. The molecule has 0 radical (unpaired) electrons. The Morgan fingerprint density at radius 2 is 0.841 bits per heavy atom. The fourth-order valence-corrected chi connectivity index (χ4v) is 4.72. The van der Waals surface area contributed by atoms with Crippen LogP contribution in [0.3, 0.4) is 0 Å². The van der Waals surface area contributed by atoms with Gasteiger partial charge >= 0.3 is 11.9 Å². The number of hydrogen-bond donors (Lipinski definition) is 0. The largest absolute Gasteiger partial charge is 0.460 e. The van der Waals surface area contributed by atoms with Crippen molar-refractivity contribution in [1.82, 2.24) is 0 Å². The third-order valence-corrected chi connectivity index (χ3v) is 7.46. The van der Waals surface area contributed by atoms with Crippen LogP contribution in [0.25, 0.3) is 0 Å².